The minimum atomic E-state index is 0.748. The van der Waals surface area contributed by atoms with Crippen molar-refractivity contribution in [3.8, 4) is 5.75 Å². The maximum Gasteiger partial charge on any atom is 0.143 e. The summed E-state index contributed by atoms with van der Waals surface area (Å²) in [5, 5.41) is 1.02. The molecule has 0 saturated heterocycles. The third kappa shape index (κ3) is 1.38. The second-order valence-electron chi connectivity index (χ2n) is 3.97. The first kappa shape index (κ1) is 9.39. The molecule has 1 aliphatic heterocycles. The van der Waals surface area contributed by atoms with Gasteiger partial charge in [-0.1, -0.05) is 6.07 Å². The Morgan fingerprint density at radius 2 is 2.25 bits per heavy atom. The van der Waals surface area contributed by atoms with Gasteiger partial charge in [-0.2, -0.15) is 0 Å². The third-order valence-electron chi connectivity index (χ3n) is 2.86. The van der Waals surface area contributed by atoms with E-state index in [0.717, 1.165) is 42.0 Å². The van der Waals surface area contributed by atoms with Crippen LogP contribution in [0.3, 0.4) is 0 Å². The van der Waals surface area contributed by atoms with Gasteiger partial charge in [0.15, 0.2) is 0 Å². The molecule has 0 bridgehead atoms. The van der Waals surface area contributed by atoms with E-state index in [1.165, 1.54) is 0 Å². The van der Waals surface area contributed by atoms with E-state index < -0.39 is 0 Å². The van der Waals surface area contributed by atoms with Gasteiger partial charge in [-0.05, 0) is 18.6 Å². The first-order valence-corrected chi connectivity index (χ1v) is 5.44. The highest BCUT2D eigenvalue weighted by Gasteiger charge is 2.15. The van der Waals surface area contributed by atoms with Crippen LogP contribution in [-0.4, -0.2) is 30.2 Å². The van der Waals surface area contributed by atoms with Crippen molar-refractivity contribution in [1.29, 1.82) is 0 Å². The number of anilines is 1. The lowest BCUT2D eigenvalue weighted by Crippen LogP contribution is -2.23. The summed E-state index contributed by atoms with van der Waals surface area (Å²) in [6, 6.07) is 5.94. The molecule has 0 fully saturated rings. The zero-order valence-electron chi connectivity index (χ0n) is 9.18. The molecular formula is C12H13N3O. The molecule has 1 aromatic carbocycles. The molecule has 0 N–H and O–H groups in total. The van der Waals surface area contributed by atoms with Gasteiger partial charge >= 0.3 is 0 Å². The van der Waals surface area contributed by atoms with Gasteiger partial charge in [0.1, 0.15) is 17.9 Å². The fourth-order valence-electron chi connectivity index (χ4n) is 2.06. The summed E-state index contributed by atoms with van der Waals surface area (Å²) in [5.41, 5.74) is 0.941. The lowest BCUT2D eigenvalue weighted by Gasteiger charge is -2.23. The number of aromatic nitrogens is 2. The lowest BCUT2D eigenvalue weighted by atomic mass is 10.2. The van der Waals surface area contributed by atoms with Crippen molar-refractivity contribution in [3.05, 3.63) is 24.5 Å². The van der Waals surface area contributed by atoms with Crippen molar-refractivity contribution in [2.45, 2.75) is 6.42 Å². The maximum absolute atomic E-state index is 5.74. The van der Waals surface area contributed by atoms with Crippen LogP contribution in [0.15, 0.2) is 24.5 Å². The molecule has 4 heteroatoms. The topological polar surface area (TPSA) is 38.2 Å². The quantitative estimate of drug-likeness (QED) is 0.672. The molecule has 2 heterocycles. The highest BCUT2D eigenvalue weighted by Crippen LogP contribution is 2.32. The Hall–Kier alpha value is -1.84. The Kier molecular flexibility index (Phi) is 2.13. The van der Waals surface area contributed by atoms with Crippen molar-refractivity contribution in [3.63, 3.8) is 0 Å². The van der Waals surface area contributed by atoms with Crippen LogP contribution in [0.5, 0.6) is 5.75 Å². The highest BCUT2D eigenvalue weighted by molar-refractivity contribution is 5.94. The summed E-state index contributed by atoms with van der Waals surface area (Å²) in [5.74, 6) is 1.85. The van der Waals surface area contributed by atoms with Gasteiger partial charge in [0.2, 0.25) is 0 Å². The van der Waals surface area contributed by atoms with Gasteiger partial charge in [-0.25, -0.2) is 9.97 Å². The summed E-state index contributed by atoms with van der Waals surface area (Å²) in [7, 11) is 2.06. The van der Waals surface area contributed by atoms with E-state index in [2.05, 4.69) is 21.9 Å². The van der Waals surface area contributed by atoms with E-state index in [1.54, 1.807) is 6.33 Å². The Balaban J connectivity index is 2.34. The van der Waals surface area contributed by atoms with Gasteiger partial charge in [-0.15, -0.1) is 0 Å². The second-order valence-corrected chi connectivity index (χ2v) is 3.97. The summed E-state index contributed by atoms with van der Waals surface area (Å²) in [4.78, 5) is 10.8. The number of hydrogen-bond donors (Lipinski definition) is 0. The summed E-state index contributed by atoms with van der Waals surface area (Å²) in [6.45, 7) is 1.71. The fraction of sp³-hybridized carbons (Fsp3) is 0.333. The third-order valence-corrected chi connectivity index (χ3v) is 2.86. The molecule has 82 valence electrons. The Bertz CT molecular complexity index is 521. The van der Waals surface area contributed by atoms with Crippen LogP contribution in [-0.2, 0) is 0 Å². The molecule has 0 aliphatic carbocycles. The van der Waals surface area contributed by atoms with Crippen molar-refractivity contribution in [1.82, 2.24) is 9.97 Å². The van der Waals surface area contributed by atoms with Crippen molar-refractivity contribution >= 4 is 16.7 Å². The molecular weight excluding hydrogens is 202 g/mol. The highest BCUT2D eigenvalue weighted by atomic mass is 16.5. The summed E-state index contributed by atoms with van der Waals surface area (Å²) in [6.07, 6.45) is 2.62. The van der Waals surface area contributed by atoms with E-state index in [4.69, 9.17) is 4.74 Å². The van der Waals surface area contributed by atoms with E-state index >= 15 is 0 Å². The van der Waals surface area contributed by atoms with Crippen LogP contribution in [0.25, 0.3) is 10.9 Å². The molecule has 4 nitrogen and oxygen atoms in total. The Morgan fingerprint density at radius 3 is 3.19 bits per heavy atom. The van der Waals surface area contributed by atoms with Crippen LogP contribution < -0.4 is 9.64 Å². The van der Waals surface area contributed by atoms with Crippen LogP contribution in [0.1, 0.15) is 6.42 Å². The molecule has 0 spiro atoms. The van der Waals surface area contributed by atoms with Crippen LogP contribution in [0, 0.1) is 0 Å². The monoisotopic (exact) mass is 215 g/mol. The molecule has 1 aliphatic rings. The van der Waals surface area contributed by atoms with Crippen LogP contribution in [0.4, 0.5) is 5.82 Å². The van der Waals surface area contributed by atoms with Crippen LogP contribution in [0.2, 0.25) is 0 Å². The number of ether oxygens (including phenoxy) is 1. The van der Waals surface area contributed by atoms with Crippen LogP contribution >= 0.6 is 0 Å². The molecule has 0 unspecified atom stereocenters. The zero-order chi connectivity index (χ0) is 11.0. The predicted octanol–water partition coefficient (Wildman–Crippen LogP) is 1.85. The molecule has 2 aromatic rings. The number of nitrogens with zero attached hydrogens (tertiary/aromatic N) is 3. The Labute approximate surface area is 93.9 Å². The van der Waals surface area contributed by atoms with Crippen molar-refractivity contribution in [2.75, 3.05) is 25.1 Å². The minimum Gasteiger partial charge on any atom is -0.493 e. The van der Waals surface area contributed by atoms with E-state index in [1.807, 2.05) is 18.2 Å². The fourth-order valence-corrected chi connectivity index (χ4v) is 2.06. The standard InChI is InChI=1S/C12H13N3O/c1-15-6-3-7-16-10-5-2-4-9-11(10)12(15)14-8-13-9/h2,4-5,8H,3,6-7H2,1H3. The average molecular weight is 215 g/mol. The van der Waals surface area contributed by atoms with Gasteiger partial charge < -0.3 is 9.64 Å². The van der Waals surface area contributed by atoms with Gasteiger partial charge in [-0.3, -0.25) is 0 Å². The van der Waals surface area contributed by atoms with E-state index in [-0.39, 0.29) is 0 Å². The normalized spacial score (nSPS) is 15.4. The molecule has 1 aromatic heterocycles. The Morgan fingerprint density at radius 1 is 1.31 bits per heavy atom. The van der Waals surface area contributed by atoms with Gasteiger partial charge in [0, 0.05) is 13.6 Å². The molecule has 0 amide bonds. The number of hydrogen-bond acceptors (Lipinski definition) is 4. The molecule has 3 rings (SSSR count). The molecule has 0 atom stereocenters. The summed E-state index contributed by atoms with van der Waals surface area (Å²) < 4.78 is 5.74. The lowest BCUT2D eigenvalue weighted by molar-refractivity contribution is 0.314. The largest absolute Gasteiger partial charge is 0.493 e. The second kappa shape index (κ2) is 3.63. The average Bonchev–Trinajstić information content (AvgIpc) is 2.32. The first-order chi connectivity index (χ1) is 7.86. The first-order valence-electron chi connectivity index (χ1n) is 5.44. The van der Waals surface area contributed by atoms with Crippen molar-refractivity contribution in [2.24, 2.45) is 0 Å². The molecule has 0 saturated carbocycles. The molecule has 0 radical (unpaired) electrons. The van der Waals surface area contributed by atoms with Gasteiger partial charge in [0.25, 0.3) is 0 Å². The predicted molar refractivity (Wildman–Crippen MR) is 62.9 cm³/mol. The van der Waals surface area contributed by atoms with E-state index in [0.29, 0.717) is 0 Å². The van der Waals surface area contributed by atoms with E-state index in [9.17, 15) is 0 Å². The summed E-state index contributed by atoms with van der Waals surface area (Å²) >= 11 is 0. The SMILES string of the molecule is CN1CCCOc2cccc3ncnc1c23. The molecule has 16 heavy (non-hydrogen) atoms. The van der Waals surface area contributed by atoms with Crippen molar-refractivity contribution < 1.29 is 4.74 Å². The number of rotatable bonds is 0. The zero-order valence-corrected chi connectivity index (χ0v) is 9.18. The maximum atomic E-state index is 5.74. The minimum absolute atomic E-state index is 0.748. The number of benzene rings is 1. The smallest absolute Gasteiger partial charge is 0.143 e. The van der Waals surface area contributed by atoms with Gasteiger partial charge in [0.05, 0.1) is 17.5 Å².